The Morgan fingerprint density at radius 1 is 1.14 bits per heavy atom. The monoisotopic (exact) mass is 409 g/mol. The lowest BCUT2D eigenvalue weighted by molar-refractivity contribution is -0.141. The van der Waals surface area contributed by atoms with Crippen molar-refractivity contribution in [2.75, 3.05) is 18.1 Å². The van der Waals surface area contributed by atoms with Crippen molar-refractivity contribution in [2.24, 2.45) is 0 Å². The molecule has 4 rings (SSSR count). The van der Waals surface area contributed by atoms with Gasteiger partial charge in [0.25, 0.3) is 5.91 Å². The number of halogens is 1. The molecule has 0 saturated carbocycles. The topological polar surface area (TPSA) is 66.8 Å². The van der Waals surface area contributed by atoms with Crippen molar-refractivity contribution < 1.29 is 19.4 Å². The molecule has 1 aliphatic heterocycles. The van der Waals surface area contributed by atoms with Gasteiger partial charge in [-0.05, 0) is 36.6 Å². The van der Waals surface area contributed by atoms with E-state index in [0.717, 1.165) is 16.5 Å². The highest BCUT2D eigenvalue weighted by atomic mass is 35.5. The number of hydrogen-bond donors (Lipinski definition) is 1. The number of aliphatic hydroxyl groups is 1. The molecule has 1 amide bonds. The Hall–Kier alpha value is -2.89. The lowest BCUT2D eigenvalue weighted by atomic mass is 9.90. The van der Waals surface area contributed by atoms with Gasteiger partial charge in [0.1, 0.15) is 18.1 Å². The Morgan fingerprint density at radius 2 is 1.90 bits per heavy atom. The highest BCUT2D eigenvalue weighted by Gasteiger charge is 2.50. The number of nitrogens with zero attached hydrogens (tertiary/aromatic N) is 1. The quantitative estimate of drug-likeness (QED) is 0.666. The second kappa shape index (κ2) is 7.50. The number of amides is 1. The van der Waals surface area contributed by atoms with Crippen LogP contribution >= 0.6 is 11.6 Å². The molecule has 3 aromatic carbocycles. The molecule has 1 heterocycles. The van der Waals surface area contributed by atoms with Crippen LogP contribution in [-0.2, 0) is 15.2 Å². The molecule has 0 spiro atoms. The average Bonchev–Trinajstić information content (AvgIpc) is 2.89. The maximum absolute atomic E-state index is 13.0. The third kappa shape index (κ3) is 3.48. The zero-order valence-corrected chi connectivity index (χ0v) is 16.6. The van der Waals surface area contributed by atoms with Crippen LogP contribution in [0, 0.1) is 0 Å². The van der Waals surface area contributed by atoms with Crippen molar-refractivity contribution in [3.8, 4) is 5.75 Å². The van der Waals surface area contributed by atoms with Crippen LogP contribution in [0.1, 0.15) is 18.9 Å². The Bertz CT molecular complexity index is 1110. The average molecular weight is 410 g/mol. The van der Waals surface area contributed by atoms with Crippen molar-refractivity contribution in [3.63, 3.8) is 0 Å². The van der Waals surface area contributed by atoms with Crippen LogP contribution < -0.4 is 9.64 Å². The third-order valence-electron chi connectivity index (χ3n) is 5.12. The molecule has 6 heteroatoms. The Balaban J connectivity index is 1.57. The van der Waals surface area contributed by atoms with Gasteiger partial charge in [0, 0.05) is 22.4 Å². The second-order valence-electron chi connectivity index (χ2n) is 7.18. The van der Waals surface area contributed by atoms with Gasteiger partial charge in [0.2, 0.25) is 0 Å². The number of rotatable bonds is 6. The summed E-state index contributed by atoms with van der Waals surface area (Å²) in [4.78, 5) is 26.2. The van der Waals surface area contributed by atoms with Gasteiger partial charge in [0.05, 0.1) is 12.2 Å². The minimum atomic E-state index is -1.90. The molecule has 1 N–H and O–H groups in total. The molecule has 0 saturated heterocycles. The van der Waals surface area contributed by atoms with E-state index < -0.39 is 11.5 Å². The molecule has 0 bridgehead atoms. The first kappa shape index (κ1) is 19.4. The first-order chi connectivity index (χ1) is 13.9. The first-order valence-corrected chi connectivity index (χ1v) is 9.72. The van der Waals surface area contributed by atoms with Gasteiger partial charge in [-0.15, -0.1) is 0 Å². The largest absolute Gasteiger partial charge is 0.491 e. The lowest BCUT2D eigenvalue weighted by Crippen LogP contribution is -2.43. The molecule has 29 heavy (non-hydrogen) atoms. The zero-order valence-electron chi connectivity index (χ0n) is 15.9. The maximum atomic E-state index is 13.0. The summed E-state index contributed by atoms with van der Waals surface area (Å²) in [5.74, 6) is -0.0859. The Labute approximate surface area is 173 Å². The molecule has 0 aliphatic carbocycles. The number of Topliss-reactive ketones (excluding diaryl/α,β-unsaturated/α-hetero) is 1. The van der Waals surface area contributed by atoms with Gasteiger partial charge in [-0.1, -0.05) is 48.0 Å². The summed E-state index contributed by atoms with van der Waals surface area (Å²) in [6, 6.07) is 18.6. The SMILES string of the molecule is CC(=O)C[C@@]1(O)C(=O)N(CCOc2cccc3ccccc23)c2ccc(Cl)cc21. The van der Waals surface area contributed by atoms with Gasteiger partial charge in [-0.25, -0.2) is 0 Å². The van der Waals surface area contributed by atoms with Crippen LogP contribution in [0.25, 0.3) is 10.8 Å². The van der Waals surface area contributed by atoms with E-state index in [2.05, 4.69) is 0 Å². The molecular formula is C23H20ClNO4. The summed E-state index contributed by atoms with van der Waals surface area (Å²) in [7, 11) is 0. The number of ether oxygens (including phenoxy) is 1. The number of anilines is 1. The van der Waals surface area contributed by atoms with Crippen molar-refractivity contribution in [3.05, 3.63) is 71.2 Å². The highest BCUT2D eigenvalue weighted by molar-refractivity contribution is 6.31. The van der Waals surface area contributed by atoms with Crippen LogP contribution in [0.4, 0.5) is 5.69 Å². The number of fused-ring (bicyclic) bond motifs is 2. The summed E-state index contributed by atoms with van der Waals surface area (Å²) in [6.07, 6.45) is -0.292. The van der Waals surface area contributed by atoms with Crippen LogP contribution in [0.2, 0.25) is 5.02 Å². The maximum Gasteiger partial charge on any atom is 0.264 e. The number of carbonyl (C=O) groups is 2. The molecule has 1 aliphatic rings. The van der Waals surface area contributed by atoms with Crippen molar-refractivity contribution in [2.45, 2.75) is 18.9 Å². The highest BCUT2D eigenvalue weighted by Crippen LogP contribution is 2.43. The van der Waals surface area contributed by atoms with Gasteiger partial charge in [-0.2, -0.15) is 0 Å². The number of benzene rings is 3. The molecule has 5 nitrogen and oxygen atoms in total. The van der Waals surface area contributed by atoms with E-state index in [0.29, 0.717) is 16.3 Å². The Kier molecular flexibility index (Phi) is 5.03. The van der Waals surface area contributed by atoms with Gasteiger partial charge in [0.15, 0.2) is 5.60 Å². The van der Waals surface area contributed by atoms with Gasteiger partial charge >= 0.3 is 0 Å². The zero-order chi connectivity index (χ0) is 20.6. The summed E-state index contributed by atoms with van der Waals surface area (Å²) < 4.78 is 5.95. The van der Waals surface area contributed by atoms with Crippen LogP contribution in [0.15, 0.2) is 60.7 Å². The summed E-state index contributed by atoms with van der Waals surface area (Å²) >= 11 is 6.07. The summed E-state index contributed by atoms with van der Waals surface area (Å²) in [5.41, 5.74) is -0.995. The summed E-state index contributed by atoms with van der Waals surface area (Å²) in [6.45, 7) is 1.82. The van der Waals surface area contributed by atoms with Crippen LogP contribution in [0.3, 0.4) is 0 Å². The molecule has 0 aromatic heterocycles. The number of hydrogen-bond acceptors (Lipinski definition) is 4. The Morgan fingerprint density at radius 3 is 2.69 bits per heavy atom. The van der Waals surface area contributed by atoms with Crippen LogP contribution in [0.5, 0.6) is 5.75 Å². The predicted octanol–water partition coefficient (Wildman–Crippen LogP) is 4.09. The van der Waals surface area contributed by atoms with Crippen molar-refractivity contribution in [1.29, 1.82) is 0 Å². The fraction of sp³-hybridized carbons (Fsp3) is 0.217. The molecule has 1 atom stereocenters. The molecule has 0 radical (unpaired) electrons. The van der Waals surface area contributed by atoms with E-state index in [1.807, 2.05) is 42.5 Å². The van der Waals surface area contributed by atoms with Crippen molar-refractivity contribution >= 4 is 39.8 Å². The molecule has 3 aromatic rings. The van der Waals surface area contributed by atoms with Gasteiger partial charge in [-0.3, -0.25) is 9.59 Å². The van der Waals surface area contributed by atoms with Crippen molar-refractivity contribution in [1.82, 2.24) is 0 Å². The third-order valence-corrected chi connectivity index (χ3v) is 5.36. The smallest absolute Gasteiger partial charge is 0.264 e. The molecule has 0 fully saturated rings. The van der Waals surface area contributed by atoms with E-state index >= 15 is 0 Å². The van der Waals surface area contributed by atoms with Gasteiger partial charge < -0.3 is 14.7 Å². The fourth-order valence-corrected chi connectivity index (χ4v) is 4.02. The second-order valence-corrected chi connectivity index (χ2v) is 7.62. The molecule has 0 unspecified atom stereocenters. The van der Waals surface area contributed by atoms with Crippen LogP contribution in [-0.4, -0.2) is 29.9 Å². The molecular weight excluding hydrogens is 390 g/mol. The number of carbonyl (C=O) groups excluding carboxylic acids is 2. The number of ketones is 1. The predicted molar refractivity (Wildman–Crippen MR) is 112 cm³/mol. The molecule has 148 valence electrons. The minimum absolute atomic E-state index is 0.233. The van der Waals surface area contributed by atoms with E-state index in [-0.39, 0.29) is 25.4 Å². The normalized spacial score (nSPS) is 18.2. The van der Waals surface area contributed by atoms with E-state index in [9.17, 15) is 14.7 Å². The lowest BCUT2D eigenvalue weighted by Gasteiger charge is -2.22. The summed E-state index contributed by atoms with van der Waals surface area (Å²) in [5, 5.41) is 13.5. The van der Waals surface area contributed by atoms with E-state index in [4.69, 9.17) is 16.3 Å². The standard InChI is InChI=1S/C23H20ClNO4/c1-15(26)14-23(28)19-13-17(24)9-10-20(19)25(22(23)27)11-12-29-21-8-4-6-16-5-2-3-7-18(16)21/h2-10,13,28H,11-12,14H2,1H3/t23-/m0/s1. The first-order valence-electron chi connectivity index (χ1n) is 9.34. The minimum Gasteiger partial charge on any atom is -0.491 e. The van der Waals surface area contributed by atoms with E-state index in [1.165, 1.54) is 11.8 Å². The van der Waals surface area contributed by atoms with E-state index in [1.54, 1.807) is 18.2 Å². The fourth-order valence-electron chi connectivity index (χ4n) is 3.84.